The van der Waals surface area contributed by atoms with E-state index in [1.807, 2.05) is 12.1 Å². The van der Waals surface area contributed by atoms with Crippen molar-refractivity contribution >= 4 is 5.97 Å². The Balaban J connectivity index is 1.63. The summed E-state index contributed by atoms with van der Waals surface area (Å²) in [5, 5.41) is 10.3. The first kappa shape index (κ1) is 15.4. The Bertz CT molecular complexity index is 907. The van der Waals surface area contributed by atoms with Crippen LogP contribution in [0.3, 0.4) is 0 Å². The lowest BCUT2D eigenvalue weighted by molar-refractivity contribution is -0.136. The first-order valence-corrected chi connectivity index (χ1v) is 8.62. The number of benzene rings is 1. The maximum atomic E-state index is 12.2. The van der Waals surface area contributed by atoms with Gasteiger partial charge in [0.1, 0.15) is 6.61 Å². The van der Waals surface area contributed by atoms with E-state index < -0.39 is 0 Å². The van der Waals surface area contributed by atoms with Crippen molar-refractivity contribution in [3.8, 4) is 11.5 Å². The summed E-state index contributed by atoms with van der Waals surface area (Å²) >= 11 is 0. The fraction of sp³-hybridized carbons (Fsp3) is 0.350. The van der Waals surface area contributed by atoms with Gasteiger partial charge >= 0.3 is 5.97 Å². The number of carbonyl (C=O) groups excluding carboxylic acids is 1. The number of ether oxygens (including phenoxy) is 4. The second-order valence-electron chi connectivity index (χ2n) is 6.86. The molecule has 0 amide bonds. The van der Waals surface area contributed by atoms with Crippen LogP contribution in [0.5, 0.6) is 11.5 Å². The SMILES string of the molecule is COc1cc2c(cc1O)[C@H](C1C=C3OCOC3=CC1)C1=C(C2)C(=O)OC1. The van der Waals surface area contributed by atoms with Gasteiger partial charge in [-0.25, -0.2) is 4.79 Å². The van der Waals surface area contributed by atoms with Crippen LogP contribution in [0.1, 0.15) is 23.5 Å². The Kier molecular flexibility index (Phi) is 3.29. The van der Waals surface area contributed by atoms with Crippen LogP contribution in [-0.4, -0.2) is 31.6 Å². The third-order valence-electron chi connectivity index (χ3n) is 5.55. The molecule has 0 radical (unpaired) electrons. The van der Waals surface area contributed by atoms with Crippen LogP contribution in [0.15, 0.2) is 46.9 Å². The molecule has 1 saturated heterocycles. The number of phenols is 1. The molecule has 4 aliphatic rings. The molecular formula is C20H18O6. The van der Waals surface area contributed by atoms with Crippen molar-refractivity contribution in [1.29, 1.82) is 0 Å². The number of hydrogen-bond acceptors (Lipinski definition) is 6. The summed E-state index contributed by atoms with van der Waals surface area (Å²) in [6, 6.07) is 3.58. The molecule has 2 atom stereocenters. The first-order chi connectivity index (χ1) is 12.7. The lowest BCUT2D eigenvalue weighted by Gasteiger charge is -2.32. The quantitative estimate of drug-likeness (QED) is 0.823. The molecule has 26 heavy (non-hydrogen) atoms. The van der Waals surface area contributed by atoms with Crippen molar-refractivity contribution < 1.29 is 28.8 Å². The number of rotatable bonds is 2. The molecule has 1 aromatic rings. The lowest BCUT2D eigenvalue weighted by atomic mass is 9.70. The summed E-state index contributed by atoms with van der Waals surface area (Å²) in [7, 11) is 1.52. The molecule has 0 spiro atoms. The molecule has 0 aromatic heterocycles. The van der Waals surface area contributed by atoms with E-state index in [2.05, 4.69) is 6.08 Å². The van der Waals surface area contributed by atoms with E-state index >= 15 is 0 Å². The van der Waals surface area contributed by atoms with Gasteiger partial charge in [-0.2, -0.15) is 0 Å². The molecule has 1 N–H and O–H groups in total. The molecule has 1 aromatic carbocycles. The highest BCUT2D eigenvalue weighted by molar-refractivity contribution is 5.93. The van der Waals surface area contributed by atoms with Crippen molar-refractivity contribution in [3.05, 3.63) is 58.1 Å². The predicted molar refractivity (Wildman–Crippen MR) is 90.4 cm³/mol. The topological polar surface area (TPSA) is 74.2 Å². The van der Waals surface area contributed by atoms with Crippen LogP contribution in [-0.2, 0) is 25.4 Å². The Morgan fingerprint density at radius 1 is 1.19 bits per heavy atom. The second-order valence-corrected chi connectivity index (χ2v) is 6.86. The van der Waals surface area contributed by atoms with Gasteiger partial charge in [-0.3, -0.25) is 0 Å². The summed E-state index contributed by atoms with van der Waals surface area (Å²) < 4.78 is 21.6. The molecule has 2 aliphatic carbocycles. The largest absolute Gasteiger partial charge is 0.504 e. The van der Waals surface area contributed by atoms with Gasteiger partial charge in [0.05, 0.1) is 7.11 Å². The zero-order valence-electron chi connectivity index (χ0n) is 14.3. The van der Waals surface area contributed by atoms with Gasteiger partial charge < -0.3 is 24.1 Å². The number of cyclic esters (lactones) is 1. The van der Waals surface area contributed by atoms with E-state index in [0.717, 1.165) is 40.2 Å². The minimum absolute atomic E-state index is 0.0495. The molecule has 1 unspecified atom stereocenters. The van der Waals surface area contributed by atoms with Gasteiger partial charge in [-0.1, -0.05) is 0 Å². The number of allylic oxidation sites excluding steroid dienone is 2. The minimum Gasteiger partial charge on any atom is -0.504 e. The van der Waals surface area contributed by atoms with Crippen molar-refractivity contribution in [3.63, 3.8) is 0 Å². The van der Waals surface area contributed by atoms with Crippen LogP contribution in [0.25, 0.3) is 0 Å². The van der Waals surface area contributed by atoms with Crippen molar-refractivity contribution in [2.24, 2.45) is 5.92 Å². The Labute approximate surface area is 150 Å². The lowest BCUT2D eigenvalue weighted by Crippen LogP contribution is -2.23. The number of aromatic hydroxyl groups is 1. The summed E-state index contributed by atoms with van der Waals surface area (Å²) in [6.45, 7) is 0.540. The van der Waals surface area contributed by atoms with Gasteiger partial charge in [0.2, 0.25) is 6.79 Å². The zero-order valence-corrected chi connectivity index (χ0v) is 14.3. The molecule has 6 nitrogen and oxygen atoms in total. The standard InChI is InChI=1S/C20H18O6/c1-23-17-6-11-4-13-14(8-24-20(13)22)19(12(11)7-15(17)21)10-2-3-16-18(5-10)26-9-25-16/h3,5-7,10,19,21H,2,4,8-9H2,1H3/t10?,19-/m0/s1. The Hall–Kier alpha value is -2.89. The van der Waals surface area contributed by atoms with E-state index in [0.29, 0.717) is 18.8 Å². The van der Waals surface area contributed by atoms with Crippen LogP contribution in [0, 0.1) is 5.92 Å². The number of fused-ring (bicyclic) bond motifs is 2. The van der Waals surface area contributed by atoms with Crippen molar-refractivity contribution in [2.75, 3.05) is 20.5 Å². The molecule has 134 valence electrons. The minimum atomic E-state index is -0.247. The summed E-state index contributed by atoms with van der Waals surface area (Å²) in [5.74, 6) is 1.85. The van der Waals surface area contributed by atoms with E-state index in [-0.39, 0.29) is 30.3 Å². The molecule has 2 heterocycles. The normalized spacial score (nSPS) is 26.0. The van der Waals surface area contributed by atoms with Crippen LogP contribution in [0.4, 0.5) is 0 Å². The number of carbonyl (C=O) groups is 1. The highest BCUT2D eigenvalue weighted by atomic mass is 16.7. The number of methoxy groups -OCH3 is 1. The van der Waals surface area contributed by atoms with Crippen LogP contribution in [0.2, 0.25) is 0 Å². The Morgan fingerprint density at radius 2 is 2.04 bits per heavy atom. The average Bonchev–Trinajstić information content (AvgIpc) is 3.26. The average molecular weight is 354 g/mol. The smallest absolute Gasteiger partial charge is 0.334 e. The second kappa shape index (κ2) is 5.56. The summed E-state index contributed by atoms with van der Waals surface area (Å²) in [6.07, 6.45) is 5.37. The van der Waals surface area contributed by atoms with Gasteiger partial charge in [0.25, 0.3) is 0 Å². The summed E-state index contributed by atoms with van der Waals surface area (Å²) in [5.41, 5.74) is 3.73. The highest BCUT2D eigenvalue weighted by Gasteiger charge is 2.41. The molecule has 1 fully saturated rings. The fourth-order valence-corrected chi connectivity index (χ4v) is 4.34. The number of esters is 1. The molecule has 0 bridgehead atoms. The number of hydrogen-bond donors (Lipinski definition) is 1. The predicted octanol–water partition coefficient (Wildman–Crippen LogP) is 2.69. The first-order valence-electron chi connectivity index (χ1n) is 8.62. The fourth-order valence-electron chi connectivity index (χ4n) is 4.34. The van der Waals surface area contributed by atoms with Crippen molar-refractivity contribution in [2.45, 2.75) is 18.8 Å². The van der Waals surface area contributed by atoms with Gasteiger partial charge in [0.15, 0.2) is 23.0 Å². The van der Waals surface area contributed by atoms with E-state index in [1.165, 1.54) is 7.11 Å². The molecule has 0 saturated carbocycles. The number of phenolic OH excluding ortho intramolecular Hbond substituents is 1. The van der Waals surface area contributed by atoms with Gasteiger partial charge in [-0.15, -0.1) is 0 Å². The van der Waals surface area contributed by atoms with Crippen LogP contribution < -0.4 is 4.74 Å². The highest BCUT2D eigenvalue weighted by Crippen LogP contribution is 2.49. The van der Waals surface area contributed by atoms with E-state index in [4.69, 9.17) is 18.9 Å². The van der Waals surface area contributed by atoms with Crippen LogP contribution >= 0.6 is 0 Å². The van der Waals surface area contributed by atoms with Crippen molar-refractivity contribution in [1.82, 2.24) is 0 Å². The Morgan fingerprint density at radius 3 is 2.88 bits per heavy atom. The van der Waals surface area contributed by atoms with Gasteiger partial charge in [-0.05, 0) is 53.3 Å². The maximum absolute atomic E-state index is 12.2. The third-order valence-corrected chi connectivity index (χ3v) is 5.55. The molecule has 6 heteroatoms. The molecule has 5 rings (SSSR count). The van der Waals surface area contributed by atoms with E-state index in [9.17, 15) is 9.90 Å². The van der Waals surface area contributed by atoms with E-state index in [1.54, 1.807) is 6.07 Å². The third kappa shape index (κ3) is 2.14. The zero-order chi connectivity index (χ0) is 17.8. The summed E-state index contributed by atoms with van der Waals surface area (Å²) in [4.78, 5) is 12.2. The molecular weight excluding hydrogens is 336 g/mol. The maximum Gasteiger partial charge on any atom is 0.334 e. The monoisotopic (exact) mass is 354 g/mol. The molecule has 2 aliphatic heterocycles. The van der Waals surface area contributed by atoms with Gasteiger partial charge in [0, 0.05) is 17.9 Å².